The smallest absolute Gasteiger partial charge is 0.262 e. The third kappa shape index (κ3) is 4.03. The van der Waals surface area contributed by atoms with Crippen LogP contribution in [0.15, 0.2) is 18.2 Å². The second kappa shape index (κ2) is 5.07. The Kier molecular flexibility index (Phi) is 4.23. The molecule has 88 valence electrons. The second-order valence-corrected chi connectivity index (χ2v) is 4.88. The lowest BCUT2D eigenvalue weighted by Crippen LogP contribution is -2.34. The van der Waals surface area contributed by atoms with Crippen molar-refractivity contribution in [2.75, 3.05) is 6.54 Å². The Hall–Kier alpha value is -0.720. The van der Waals surface area contributed by atoms with E-state index in [9.17, 15) is 13.6 Å². The molecule has 0 aliphatic carbocycles. The molecule has 0 aromatic heterocycles. The summed E-state index contributed by atoms with van der Waals surface area (Å²) in [5, 5.41) is 2.19. The van der Waals surface area contributed by atoms with Crippen molar-refractivity contribution in [3.05, 3.63) is 32.9 Å². The molecule has 0 heterocycles. The van der Waals surface area contributed by atoms with Crippen LogP contribution >= 0.6 is 22.6 Å². The molecule has 0 spiro atoms. The first-order valence-electron chi connectivity index (χ1n) is 4.72. The number of carbonyl (C=O) groups excluding carboxylic acids is 1. The summed E-state index contributed by atoms with van der Waals surface area (Å²) >= 11 is 2.15. The number of nitrogens with one attached hydrogen (secondary N) is 1. The van der Waals surface area contributed by atoms with Crippen LogP contribution in [0.4, 0.5) is 8.78 Å². The Morgan fingerprint density at radius 3 is 2.62 bits per heavy atom. The molecule has 1 aromatic carbocycles. The maximum absolute atomic E-state index is 12.5. The number of benzene rings is 1. The van der Waals surface area contributed by atoms with Gasteiger partial charge in [-0.05, 0) is 53.3 Å². The minimum Gasteiger partial charge on any atom is -0.346 e. The minimum absolute atomic E-state index is 0.405. The lowest BCUT2D eigenvalue weighted by molar-refractivity contribution is 0.0221. The van der Waals surface area contributed by atoms with Gasteiger partial charge in [-0.25, -0.2) is 8.78 Å². The fraction of sp³-hybridized carbons (Fsp3) is 0.364. The van der Waals surface area contributed by atoms with Gasteiger partial charge in [-0.2, -0.15) is 0 Å². The molecule has 1 rings (SSSR count). The Labute approximate surface area is 107 Å². The average Bonchev–Trinajstić information content (AvgIpc) is 2.17. The van der Waals surface area contributed by atoms with Crippen molar-refractivity contribution in [2.24, 2.45) is 0 Å². The molecule has 5 heteroatoms. The zero-order valence-electron chi connectivity index (χ0n) is 8.98. The van der Waals surface area contributed by atoms with E-state index in [1.165, 1.54) is 0 Å². The van der Waals surface area contributed by atoms with E-state index in [-0.39, 0.29) is 0 Å². The Balaban J connectivity index is 2.70. The molecule has 0 bridgehead atoms. The predicted molar refractivity (Wildman–Crippen MR) is 66.9 cm³/mol. The monoisotopic (exact) mass is 339 g/mol. The van der Waals surface area contributed by atoms with Gasteiger partial charge in [0.15, 0.2) is 0 Å². The number of carbonyl (C=O) groups is 1. The summed E-state index contributed by atoms with van der Waals surface area (Å²) in [7, 11) is 0. The first-order chi connectivity index (χ1) is 7.29. The molecule has 1 aromatic rings. The molecule has 0 saturated carbocycles. The average molecular weight is 339 g/mol. The van der Waals surface area contributed by atoms with Gasteiger partial charge in [-0.3, -0.25) is 4.79 Å². The molecule has 0 radical (unpaired) electrons. The van der Waals surface area contributed by atoms with Gasteiger partial charge in [0.25, 0.3) is 11.8 Å². The first-order valence-corrected chi connectivity index (χ1v) is 5.79. The quantitative estimate of drug-likeness (QED) is 0.843. The highest BCUT2D eigenvalue weighted by Gasteiger charge is 2.22. The maximum atomic E-state index is 12.5. The minimum atomic E-state index is -2.88. The molecule has 16 heavy (non-hydrogen) atoms. The first kappa shape index (κ1) is 13.3. The van der Waals surface area contributed by atoms with Gasteiger partial charge in [0, 0.05) is 16.1 Å². The zero-order valence-corrected chi connectivity index (χ0v) is 11.1. The number of rotatable bonds is 3. The third-order valence-electron chi connectivity index (χ3n) is 1.98. The Morgan fingerprint density at radius 1 is 1.50 bits per heavy atom. The van der Waals surface area contributed by atoms with Crippen LogP contribution in [0.3, 0.4) is 0 Å². The van der Waals surface area contributed by atoms with E-state index in [2.05, 4.69) is 27.9 Å². The number of halogens is 3. The highest BCUT2D eigenvalue weighted by molar-refractivity contribution is 14.1. The third-order valence-corrected chi connectivity index (χ3v) is 3.19. The number of hydrogen-bond donors (Lipinski definition) is 1. The summed E-state index contributed by atoms with van der Waals surface area (Å²) in [6, 6.07) is 5.09. The SMILES string of the molecule is Cc1cc(C(=O)NCC(C)(F)F)ccc1I. The number of alkyl halides is 2. The highest BCUT2D eigenvalue weighted by atomic mass is 127. The van der Waals surface area contributed by atoms with Crippen molar-refractivity contribution in [3.63, 3.8) is 0 Å². The van der Waals surface area contributed by atoms with Gasteiger partial charge < -0.3 is 5.32 Å². The lowest BCUT2D eigenvalue weighted by atomic mass is 10.1. The summed E-state index contributed by atoms with van der Waals surface area (Å²) < 4.78 is 26.1. The number of amides is 1. The van der Waals surface area contributed by atoms with E-state index in [1.54, 1.807) is 18.2 Å². The molecule has 0 fully saturated rings. The van der Waals surface area contributed by atoms with Gasteiger partial charge >= 0.3 is 0 Å². The molecular weight excluding hydrogens is 327 g/mol. The van der Waals surface area contributed by atoms with E-state index in [0.29, 0.717) is 5.56 Å². The molecule has 0 unspecified atom stereocenters. The van der Waals surface area contributed by atoms with Crippen LogP contribution < -0.4 is 5.32 Å². The molecule has 1 amide bonds. The van der Waals surface area contributed by atoms with Crippen LogP contribution in [-0.2, 0) is 0 Å². The van der Waals surface area contributed by atoms with Gasteiger partial charge in [-0.1, -0.05) is 0 Å². The summed E-state index contributed by atoms with van der Waals surface area (Å²) in [6.45, 7) is 2.00. The standard InChI is InChI=1S/C11H12F2INO/c1-7-5-8(3-4-9(7)14)10(16)15-6-11(2,12)13/h3-5H,6H2,1-2H3,(H,15,16). The second-order valence-electron chi connectivity index (χ2n) is 3.72. The molecule has 0 aliphatic rings. The van der Waals surface area contributed by atoms with Crippen molar-refractivity contribution in [3.8, 4) is 0 Å². The van der Waals surface area contributed by atoms with Crippen molar-refractivity contribution in [1.29, 1.82) is 0 Å². The Bertz CT molecular complexity index is 401. The summed E-state index contributed by atoms with van der Waals surface area (Å²) in [5.41, 5.74) is 1.36. The molecule has 0 aliphatic heterocycles. The largest absolute Gasteiger partial charge is 0.346 e. The fourth-order valence-electron chi connectivity index (χ4n) is 1.12. The van der Waals surface area contributed by atoms with E-state index in [4.69, 9.17) is 0 Å². The van der Waals surface area contributed by atoms with Crippen LogP contribution in [0.1, 0.15) is 22.8 Å². The fourth-order valence-corrected chi connectivity index (χ4v) is 1.46. The van der Waals surface area contributed by atoms with E-state index in [0.717, 1.165) is 16.1 Å². The predicted octanol–water partition coefficient (Wildman–Crippen LogP) is 2.98. The Morgan fingerprint density at radius 2 is 2.12 bits per heavy atom. The van der Waals surface area contributed by atoms with E-state index < -0.39 is 18.4 Å². The summed E-state index contributed by atoms with van der Waals surface area (Å²) in [6.07, 6.45) is 0. The molecule has 1 N–H and O–H groups in total. The molecular formula is C11H12F2INO. The maximum Gasteiger partial charge on any atom is 0.262 e. The van der Waals surface area contributed by atoms with Crippen molar-refractivity contribution in [1.82, 2.24) is 5.32 Å². The van der Waals surface area contributed by atoms with Crippen LogP contribution in [-0.4, -0.2) is 18.4 Å². The highest BCUT2D eigenvalue weighted by Crippen LogP contribution is 2.14. The van der Waals surface area contributed by atoms with Gasteiger partial charge in [0.1, 0.15) is 0 Å². The van der Waals surface area contributed by atoms with Gasteiger partial charge in [-0.15, -0.1) is 0 Å². The van der Waals surface area contributed by atoms with Crippen molar-refractivity contribution < 1.29 is 13.6 Å². The zero-order chi connectivity index (χ0) is 12.3. The number of aryl methyl sites for hydroxylation is 1. The molecule has 0 saturated heterocycles. The van der Waals surface area contributed by atoms with Crippen LogP contribution in [0.5, 0.6) is 0 Å². The lowest BCUT2D eigenvalue weighted by Gasteiger charge is -2.11. The van der Waals surface area contributed by atoms with Crippen LogP contribution in [0.2, 0.25) is 0 Å². The van der Waals surface area contributed by atoms with Gasteiger partial charge in [0.2, 0.25) is 0 Å². The topological polar surface area (TPSA) is 29.1 Å². The van der Waals surface area contributed by atoms with Gasteiger partial charge in [0.05, 0.1) is 6.54 Å². The molecule has 0 atom stereocenters. The van der Waals surface area contributed by atoms with Crippen molar-refractivity contribution in [2.45, 2.75) is 19.8 Å². The van der Waals surface area contributed by atoms with E-state index in [1.807, 2.05) is 6.92 Å². The number of hydrogen-bond acceptors (Lipinski definition) is 1. The normalized spacial score (nSPS) is 11.3. The molecule has 2 nitrogen and oxygen atoms in total. The van der Waals surface area contributed by atoms with Crippen LogP contribution in [0.25, 0.3) is 0 Å². The van der Waals surface area contributed by atoms with E-state index >= 15 is 0 Å². The van der Waals surface area contributed by atoms with Crippen LogP contribution in [0, 0.1) is 10.5 Å². The summed E-state index contributed by atoms with van der Waals surface area (Å²) in [4.78, 5) is 11.5. The summed E-state index contributed by atoms with van der Waals surface area (Å²) in [5.74, 6) is -3.35. The van der Waals surface area contributed by atoms with Crippen molar-refractivity contribution >= 4 is 28.5 Å².